The fraction of sp³-hybridized carbons (Fsp3) is 0.632. The van der Waals surface area contributed by atoms with E-state index in [2.05, 4.69) is 41.3 Å². The molecule has 0 amide bonds. The molecular formula is C19H32F2N4. The first-order chi connectivity index (χ1) is 12.0. The van der Waals surface area contributed by atoms with Gasteiger partial charge in [-0.15, -0.1) is 0 Å². The fourth-order valence-electron chi connectivity index (χ4n) is 2.62. The first-order valence-corrected chi connectivity index (χ1v) is 9.21. The van der Waals surface area contributed by atoms with Crippen LogP contribution in [0.4, 0.5) is 8.78 Å². The second-order valence-electron chi connectivity index (χ2n) is 6.15. The summed E-state index contributed by atoms with van der Waals surface area (Å²) in [5.74, 6) is -0.260. The molecule has 0 bridgehead atoms. The molecule has 0 aliphatic heterocycles. The predicted molar refractivity (Wildman–Crippen MR) is 101 cm³/mol. The van der Waals surface area contributed by atoms with Crippen LogP contribution in [0.5, 0.6) is 0 Å². The number of guanidine groups is 1. The SMILES string of the molecule is CCNC(=NCc1cc(F)ccc1F)NC(C)CCCN(CC)CC. The first kappa shape index (κ1) is 21.4. The summed E-state index contributed by atoms with van der Waals surface area (Å²) in [5.41, 5.74) is 0.256. The third kappa shape index (κ3) is 8.29. The van der Waals surface area contributed by atoms with Crippen LogP contribution in [0.2, 0.25) is 0 Å². The molecule has 142 valence electrons. The number of hydrogen-bond donors (Lipinski definition) is 2. The zero-order chi connectivity index (χ0) is 18.7. The molecular weight excluding hydrogens is 322 g/mol. The molecule has 1 unspecified atom stereocenters. The average Bonchev–Trinajstić information content (AvgIpc) is 2.59. The molecule has 25 heavy (non-hydrogen) atoms. The van der Waals surface area contributed by atoms with Crippen molar-refractivity contribution in [3.63, 3.8) is 0 Å². The van der Waals surface area contributed by atoms with Gasteiger partial charge in [-0.05, 0) is 64.5 Å². The van der Waals surface area contributed by atoms with E-state index < -0.39 is 11.6 Å². The van der Waals surface area contributed by atoms with Crippen molar-refractivity contribution < 1.29 is 8.78 Å². The number of hydrogen-bond acceptors (Lipinski definition) is 2. The van der Waals surface area contributed by atoms with Gasteiger partial charge in [0.25, 0.3) is 0 Å². The summed E-state index contributed by atoms with van der Waals surface area (Å²) in [7, 11) is 0. The lowest BCUT2D eigenvalue weighted by atomic mass is 10.2. The molecule has 1 aromatic carbocycles. The van der Waals surface area contributed by atoms with E-state index in [0.717, 1.165) is 44.6 Å². The average molecular weight is 354 g/mol. The van der Waals surface area contributed by atoms with Crippen molar-refractivity contribution in [2.24, 2.45) is 4.99 Å². The van der Waals surface area contributed by atoms with Crippen LogP contribution in [0.25, 0.3) is 0 Å². The van der Waals surface area contributed by atoms with E-state index in [1.54, 1.807) is 0 Å². The third-order valence-corrected chi connectivity index (χ3v) is 4.15. The zero-order valence-corrected chi connectivity index (χ0v) is 15.9. The quantitative estimate of drug-likeness (QED) is 0.499. The highest BCUT2D eigenvalue weighted by Crippen LogP contribution is 2.10. The third-order valence-electron chi connectivity index (χ3n) is 4.15. The lowest BCUT2D eigenvalue weighted by Gasteiger charge is -2.21. The molecule has 6 heteroatoms. The van der Waals surface area contributed by atoms with Crippen LogP contribution < -0.4 is 10.6 Å². The maximum atomic E-state index is 13.7. The van der Waals surface area contributed by atoms with Crippen LogP contribution >= 0.6 is 0 Å². The van der Waals surface area contributed by atoms with E-state index in [4.69, 9.17) is 0 Å². The lowest BCUT2D eigenvalue weighted by Crippen LogP contribution is -2.42. The fourth-order valence-corrected chi connectivity index (χ4v) is 2.62. The van der Waals surface area contributed by atoms with Crippen molar-refractivity contribution in [3.05, 3.63) is 35.4 Å². The highest BCUT2D eigenvalue weighted by molar-refractivity contribution is 5.80. The van der Waals surface area contributed by atoms with E-state index in [9.17, 15) is 8.78 Å². The molecule has 0 saturated carbocycles. The van der Waals surface area contributed by atoms with E-state index in [0.29, 0.717) is 12.5 Å². The minimum absolute atomic E-state index is 0.102. The molecule has 0 aliphatic carbocycles. The number of halogens is 2. The van der Waals surface area contributed by atoms with Gasteiger partial charge in [-0.3, -0.25) is 0 Å². The van der Waals surface area contributed by atoms with Crippen LogP contribution in [-0.4, -0.2) is 43.1 Å². The van der Waals surface area contributed by atoms with Crippen molar-refractivity contribution in [2.45, 2.75) is 53.1 Å². The van der Waals surface area contributed by atoms with Gasteiger partial charge >= 0.3 is 0 Å². The number of rotatable bonds is 10. The predicted octanol–water partition coefficient (Wildman–Crippen LogP) is 3.53. The van der Waals surface area contributed by atoms with Gasteiger partial charge < -0.3 is 15.5 Å². The molecule has 2 N–H and O–H groups in total. The van der Waals surface area contributed by atoms with Gasteiger partial charge in [0.05, 0.1) is 6.54 Å². The second kappa shape index (κ2) is 11.8. The van der Waals surface area contributed by atoms with E-state index in [-0.39, 0.29) is 18.2 Å². The van der Waals surface area contributed by atoms with Crippen LogP contribution in [0.1, 0.15) is 46.1 Å². The standard InChI is InChI=1S/C19H32F2N4/c1-5-22-19(23-14-16-13-17(20)10-11-18(16)21)24-15(4)9-8-12-25(6-2)7-3/h10-11,13,15H,5-9,12,14H2,1-4H3,(H2,22,23,24). The minimum Gasteiger partial charge on any atom is -0.357 e. The Kier molecular flexibility index (Phi) is 10.1. The van der Waals surface area contributed by atoms with Crippen LogP contribution in [0.3, 0.4) is 0 Å². The lowest BCUT2D eigenvalue weighted by molar-refractivity contribution is 0.292. The van der Waals surface area contributed by atoms with E-state index >= 15 is 0 Å². The Morgan fingerprint density at radius 2 is 1.92 bits per heavy atom. The molecule has 0 saturated heterocycles. The van der Waals surface area contributed by atoms with Gasteiger partial charge in [0.15, 0.2) is 5.96 Å². The van der Waals surface area contributed by atoms with Crippen molar-refractivity contribution in [1.82, 2.24) is 15.5 Å². The number of nitrogens with zero attached hydrogens (tertiary/aromatic N) is 2. The monoisotopic (exact) mass is 354 g/mol. The second-order valence-corrected chi connectivity index (χ2v) is 6.15. The maximum absolute atomic E-state index is 13.7. The highest BCUT2D eigenvalue weighted by Gasteiger charge is 2.08. The summed E-state index contributed by atoms with van der Waals surface area (Å²) in [6.45, 7) is 12.5. The van der Waals surface area contributed by atoms with Gasteiger partial charge in [-0.1, -0.05) is 13.8 Å². The van der Waals surface area contributed by atoms with Crippen molar-refractivity contribution in [3.8, 4) is 0 Å². The summed E-state index contributed by atoms with van der Waals surface area (Å²) in [6, 6.07) is 3.70. The smallest absolute Gasteiger partial charge is 0.191 e. The number of nitrogens with one attached hydrogen (secondary N) is 2. The van der Waals surface area contributed by atoms with Crippen LogP contribution in [0.15, 0.2) is 23.2 Å². The van der Waals surface area contributed by atoms with Crippen molar-refractivity contribution in [1.29, 1.82) is 0 Å². The van der Waals surface area contributed by atoms with E-state index in [1.165, 1.54) is 6.07 Å². The molecule has 4 nitrogen and oxygen atoms in total. The molecule has 1 aromatic rings. The normalized spacial score (nSPS) is 13.2. The Bertz CT molecular complexity index is 530. The number of benzene rings is 1. The van der Waals surface area contributed by atoms with Gasteiger partial charge in [0.1, 0.15) is 11.6 Å². The van der Waals surface area contributed by atoms with Crippen LogP contribution in [0, 0.1) is 11.6 Å². The topological polar surface area (TPSA) is 39.7 Å². The zero-order valence-electron chi connectivity index (χ0n) is 15.9. The van der Waals surface area contributed by atoms with E-state index in [1.807, 2.05) is 6.92 Å². The molecule has 0 heterocycles. The first-order valence-electron chi connectivity index (χ1n) is 9.21. The van der Waals surface area contributed by atoms with Crippen molar-refractivity contribution >= 4 is 5.96 Å². The largest absolute Gasteiger partial charge is 0.357 e. The number of aliphatic imine (C=N–C) groups is 1. The molecule has 0 spiro atoms. The molecule has 0 fully saturated rings. The molecule has 1 atom stereocenters. The summed E-state index contributed by atoms with van der Waals surface area (Å²) in [5, 5.41) is 6.49. The Balaban J connectivity index is 2.56. The highest BCUT2D eigenvalue weighted by atomic mass is 19.1. The van der Waals surface area contributed by atoms with Gasteiger partial charge in [0.2, 0.25) is 0 Å². The Morgan fingerprint density at radius 3 is 2.56 bits per heavy atom. The molecule has 1 rings (SSSR count). The molecule has 0 radical (unpaired) electrons. The molecule has 0 aliphatic rings. The Morgan fingerprint density at radius 1 is 1.20 bits per heavy atom. The van der Waals surface area contributed by atoms with Crippen LogP contribution in [-0.2, 0) is 6.54 Å². The maximum Gasteiger partial charge on any atom is 0.191 e. The summed E-state index contributed by atoms with van der Waals surface area (Å²) < 4.78 is 26.9. The molecule has 0 aromatic heterocycles. The summed E-state index contributed by atoms with van der Waals surface area (Å²) >= 11 is 0. The van der Waals surface area contributed by atoms with Gasteiger partial charge in [-0.25, -0.2) is 13.8 Å². The van der Waals surface area contributed by atoms with Gasteiger partial charge in [0, 0.05) is 18.2 Å². The Hall–Kier alpha value is -1.69. The Labute approximate surface area is 150 Å². The van der Waals surface area contributed by atoms with Gasteiger partial charge in [-0.2, -0.15) is 0 Å². The summed E-state index contributed by atoms with van der Waals surface area (Å²) in [6.07, 6.45) is 2.13. The van der Waals surface area contributed by atoms with Crippen molar-refractivity contribution in [2.75, 3.05) is 26.2 Å². The summed E-state index contributed by atoms with van der Waals surface area (Å²) in [4.78, 5) is 6.78. The minimum atomic E-state index is -0.450.